The summed E-state index contributed by atoms with van der Waals surface area (Å²) in [7, 11) is 1.86. The van der Waals surface area contributed by atoms with Gasteiger partial charge in [-0.2, -0.15) is 0 Å². The van der Waals surface area contributed by atoms with E-state index >= 15 is 0 Å². The van der Waals surface area contributed by atoms with Gasteiger partial charge in [-0.15, -0.1) is 5.10 Å². The van der Waals surface area contributed by atoms with Gasteiger partial charge in [0.1, 0.15) is 0 Å². The highest BCUT2D eigenvalue weighted by molar-refractivity contribution is 4.95. The second-order valence-corrected chi connectivity index (χ2v) is 4.17. The zero-order valence-electron chi connectivity index (χ0n) is 9.69. The lowest BCUT2D eigenvalue weighted by Crippen LogP contribution is -2.45. The van der Waals surface area contributed by atoms with Crippen LogP contribution in [0.15, 0.2) is 6.20 Å². The van der Waals surface area contributed by atoms with E-state index in [0.29, 0.717) is 6.54 Å². The zero-order chi connectivity index (χ0) is 11.3. The van der Waals surface area contributed by atoms with Crippen LogP contribution in [-0.4, -0.2) is 32.2 Å². The number of nitrogens with zero attached hydrogens (tertiary/aromatic N) is 3. The summed E-state index contributed by atoms with van der Waals surface area (Å²) in [5, 5.41) is 20.3. The number of aliphatic hydroxyl groups excluding tert-OH is 1. The molecule has 0 bridgehead atoms. The van der Waals surface area contributed by atoms with Gasteiger partial charge in [-0.25, -0.2) is 0 Å². The first kappa shape index (κ1) is 12.1. The van der Waals surface area contributed by atoms with Crippen LogP contribution >= 0.6 is 0 Å². The van der Waals surface area contributed by atoms with E-state index in [1.54, 1.807) is 10.9 Å². The molecule has 0 saturated carbocycles. The lowest BCUT2D eigenvalue weighted by Gasteiger charge is -2.28. The fraction of sp³-hybridized carbons (Fsp3) is 0.800. The maximum absolute atomic E-state index is 9.31. The summed E-state index contributed by atoms with van der Waals surface area (Å²) in [5.41, 5.74) is 0.810. The molecule has 5 heteroatoms. The fourth-order valence-electron chi connectivity index (χ4n) is 1.55. The summed E-state index contributed by atoms with van der Waals surface area (Å²) >= 11 is 0. The third-order valence-electron chi connectivity index (χ3n) is 2.66. The maximum atomic E-state index is 9.31. The van der Waals surface area contributed by atoms with Gasteiger partial charge >= 0.3 is 0 Å². The number of hydrogen-bond acceptors (Lipinski definition) is 4. The van der Waals surface area contributed by atoms with Crippen LogP contribution in [0.3, 0.4) is 0 Å². The van der Waals surface area contributed by atoms with Crippen LogP contribution in [0.25, 0.3) is 0 Å². The SMILES string of the molecule is CCCC(C)(CO)NCc1cnnn1C. The van der Waals surface area contributed by atoms with Crippen molar-refractivity contribution in [1.82, 2.24) is 20.3 Å². The number of aryl methyl sites for hydroxylation is 1. The minimum Gasteiger partial charge on any atom is -0.394 e. The highest BCUT2D eigenvalue weighted by atomic mass is 16.3. The van der Waals surface area contributed by atoms with E-state index in [9.17, 15) is 5.11 Å². The standard InChI is InChI=1S/C10H20N4O/c1-4-5-10(2,8-15)11-6-9-7-12-13-14(9)3/h7,11,15H,4-6,8H2,1-3H3. The van der Waals surface area contributed by atoms with E-state index < -0.39 is 0 Å². The first-order valence-electron chi connectivity index (χ1n) is 5.31. The fourth-order valence-corrected chi connectivity index (χ4v) is 1.55. The van der Waals surface area contributed by atoms with Gasteiger partial charge in [0.05, 0.1) is 18.5 Å². The van der Waals surface area contributed by atoms with Crippen molar-refractivity contribution in [2.45, 2.75) is 38.8 Å². The van der Waals surface area contributed by atoms with Gasteiger partial charge in [0.15, 0.2) is 0 Å². The van der Waals surface area contributed by atoms with Crippen LogP contribution in [0.2, 0.25) is 0 Å². The van der Waals surface area contributed by atoms with Crippen molar-refractivity contribution in [1.29, 1.82) is 0 Å². The average Bonchev–Trinajstić information content (AvgIpc) is 2.62. The van der Waals surface area contributed by atoms with Crippen LogP contribution in [0.5, 0.6) is 0 Å². The number of nitrogens with one attached hydrogen (secondary N) is 1. The third kappa shape index (κ3) is 3.28. The van der Waals surface area contributed by atoms with Gasteiger partial charge < -0.3 is 10.4 Å². The van der Waals surface area contributed by atoms with E-state index in [4.69, 9.17) is 0 Å². The van der Waals surface area contributed by atoms with Gasteiger partial charge in [-0.3, -0.25) is 4.68 Å². The molecule has 0 radical (unpaired) electrons. The van der Waals surface area contributed by atoms with Gasteiger partial charge in [0, 0.05) is 19.1 Å². The van der Waals surface area contributed by atoms with E-state index in [2.05, 4.69) is 22.6 Å². The molecule has 1 heterocycles. The topological polar surface area (TPSA) is 63.0 Å². The third-order valence-corrected chi connectivity index (χ3v) is 2.66. The van der Waals surface area contributed by atoms with Crippen LogP contribution in [-0.2, 0) is 13.6 Å². The van der Waals surface area contributed by atoms with E-state index in [0.717, 1.165) is 18.5 Å². The smallest absolute Gasteiger partial charge is 0.0738 e. The van der Waals surface area contributed by atoms with Gasteiger partial charge in [-0.1, -0.05) is 18.6 Å². The lowest BCUT2D eigenvalue weighted by atomic mass is 9.97. The largest absolute Gasteiger partial charge is 0.394 e. The summed E-state index contributed by atoms with van der Waals surface area (Å²) in [4.78, 5) is 0. The Bertz CT molecular complexity index is 299. The van der Waals surface area contributed by atoms with E-state index in [1.807, 2.05) is 14.0 Å². The van der Waals surface area contributed by atoms with Crippen molar-refractivity contribution in [3.8, 4) is 0 Å². The highest BCUT2D eigenvalue weighted by Gasteiger charge is 2.21. The quantitative estimate of drug-likeness (QED) is 0.719. The molecule has 1 atom stereocenters. The Kier molecular flexibility index (Phi) is 4.23. The zero-order valence-corrected chi connectivity index (χ0v) is 9.69. The average molecular weight is 212 g/mol. The summed E-state index contributed by atoms with van der Waals surface area (Å²) in [5.74, 6) is 0. The molecule has 0 aliphatic carbocycles. The molecule has 0 aliphatic rings. The molecule has 0 aromatic carbocycles. The Balaban J connectivity index is 2.51. The molecule has 0 aliphatic heterocycles. The van der Waals surface area contributed by atoms with E-state index in [1.165, 1.54) is 0 Å². The molecule has 1 aromatic rings. The normalized spacial score (nSPS) is 15.2. The Hall–Kier alpha value is -0.940. The molecule has 2 N–H and O–H groups in total. The summed E-state index contributed by atoms with van der Waals surface area (Å²) in [6.07, 6.45) is 3.74. The Labute approximate surface area is 90.5 Å². The monoisotopic (exact) mass is 212 g/mol. The van der Waals surface area contributed by atoms with Crippen molar-refractivity contribution in [3.63, 3.8) is 0 Å². The Morgan fingerprint density at radius 2 is 2.33 bits per heavy atom. The molecule has 5 nitrogen and oxygen atoms in total. The van der Waals surface area contributed by atoms with Crippen molar-refractivity contribution in [3.05, 3.63) is 11.9 Å². The van der Waals surface area contributed by atoms with Crippen molar-refractivity contribution < 1.29 is 5.11 Å². The molecule has 0 amide bonds. The second-order valence-electron chi connectivity index (χ2n) is 4.17. The summed E-state index contributed by atoms with van der Waals surface area (Å²) < 4.78 is 1.73. The Morgan fingerprint density at radius 3 is 2.80 bits per heavy atom. The number of aromatic nitrogens is 3. The van der Waals surface area contributed by atoms with Crippen molar-refractivity contribution in [2.24, 2.45) is 7.05 Å². The molecule has 1 rings (SSSR count). The van der Waals surface area contributed by atoms with E-state index in [-0.39, 0.29) is 12.1 Å². The van der Waals surface area contributed by atoms with Crippen LogP contribution in [0, 0.1) is 0 Å². The molecular weight excluding hydrogens is 192 g/mol. The van der Waals surface area contributed by atoms with Crippen LogP contribution < -0.4 is 5.32 Å². The van der Waals surface area contributed by atoms with Gasteiger partial charge in [0.25, 0.3) is 0 Å². The summed E-state index contributed by atoms with van der Waals surface area (Å²) in [6.45, 7) is 4.97. The number of rotatable bonds is 6. The van der Waals surface area contributed by atoms with Crippen LogP contribution in [0.1, 0.15) is 32.4 Å². The lowest BCUT2D eigenvalue weighted by molar-refractivity contribution is 0.162. The Morgan fingerprint density at radius 1 is 1.60 bits per heavy atom. The summed E-state index contributed by atoms with van der Waals surface area (Å²) in [6, 6.07) is 0. The second kappa shape index (κ2) is 5.23. The minimum absolute atomic E-state index is 0.145. The minimum atomic E-state index is -0.209. The van der Waals surface area contributed by atoms with Crippen molar-refractivity contribution >= 4 is 0 Å². The van der Waals surface area contributed by atoms with Gasteiger partial charge in [0.2, 0.25) is 0 Å². The first-order valence-corrected chi connectivity index (χ1v) is 5.31. The number of hydrogen-bond donors (Lipinski definition) is 2. The molecule has 1 unspecified atom stereocenters. The molecule has 15 heavy (non-hydrogen) atoms. The highest BCUT2D eigenvalue weighted by Crippen LogP contribution is 2.12. The predicted molar refractivity (Wildman–Crippen MR) is 58.2 cm³/mol. The molecule has 0 fully saturated rings. The predicted octanol–water partition coefficient (Wildman–Crippen LogP) is 0.456. The van der Waals surface area contributed by atoms with Gasteiger partial charge in [-0.05, 0) is 13.3 Å². The van der Waals surface area contributed by atoms with Crippen molar-refractivity contribution in [2.75, 3.05) is 6.61 Å². The number of aliphatic hydroxyl groups is 1. The van der Waals surface area contributed by atoms with Crippen LogP contribution in [0.4, 0.5) is 0 Å². The molecule has 1 aromatic heterocycles. The molecule has 0 spiro atoms. The molecule has 0 saturated heterocycles. The first-order chi connectivity index (χ1) is 7.11. The maximum Gasteiger partial charge on any atom is 0.0738 e. The molecule has 86 valence electrons. The molecular formula is C10H20N4O.